The molecule has 7 heteroatoms. The van der Waals surface area contributed by atoms with Gasteiger partial charge < -0.3 is 9.84 Å². The largest absolute Gasteiger partial charge is 0.505 e. The number of hydrogen-bond donors (Lipinski definition) is 1. The number of ether oxygens (including phenoxy) is 1. The molecule has 0 bridgehead atoms. The summed E-state index contributed by atoms with van der Waals surface area (Å²) in [5.41, 5.74) is 2.31. The molecule has 6 nitrogen and oxygen atoms in total. The lowest BCUT2D eigenvalue weighted by Crippen LogP contribution is -2.18. The second kappa shape index (κ2) is 6.70. The summed E-state index contributed by atoms with van der Waals surface area (Å²) in [6.45, 7) is 11.0. The number of fused-ring (bicyclic) bond motifs is 1. The van der Waals surface area contributed by atoms with Gasteiger partial charge in [-0.05, 0) is 42.2 Å². The summed E-state index contributed by atoms with van der Waals surface area (Å²) in [4.78, 5) is 13.1. The maximum Gasteiger partial charge on any atom is 0.335 e. The van der Waals surface area contributed by atoms with Gasteiger partial charge in [0.05, 0.1) is 0 Å². The van der Waals surface area contributed by atoms with Crippen molar-refractivity contribution in [2.24, 2.45) is 0 Å². The maximum atomic E-state index is 11.8. The van der Waals surface area contributed by atoms with Gasteiger partial charge in [0.1, 0.15) is 22.5 Å². The number of aromatic hydroxyl groups is 1. The number of hydrogen-bond acceptors (Lipinski definition) is 5. The number of rotatable bonds is 3. The molecule has 1 heterocycles. The molecule has 0 unspecified atom stereocenters. The van der Waals surface area contributed by atoms with E-state index in [1.807, 2.05) is 20.8 Å². The van der Waals surface area contributed by atoms with Gasteiger partial charge in [0, 0.05) is 16.7 Å². The van der Waals surface area contributed by atoms with Crippen molar-refractivity contribution in [3.8, 4) is 17.2 Å². The van der Waals surface area contributed by atoms with Crippen LogP contribution in [0.2, 0.25) is 5.02 Å². The minimum absolute atomic E-state index is 0.0497. The Morgan fingerprint density at radius 2 is 1.93 bits per heavy atom. The number of carbonyl (C=O) groups excluding carboxylic acids is 1. The van der Waals surface area contributed by atoms with Crippen molar-refractivity contribution in [3.63, 3.8) is 0 Å². The molecular formula is C20H20ClN3O3. The van der Waals surface area contributed by atoms with E-state index in [4.69, 9.17) is 16.3 Å². The average Bonchev–Trinajstić information content (AvgIpc) is 2.99. The van der Waals surface area contributed by atoms with Gasteiger partial charge in [-0.1, -0.05) is 39.0 Å². The molecule has 0 fully saturated rings. The molecule has 27 heavy (non-hydrogen) atoms. The molecule has 3 aromatic rings. The first-order chi connectivity index (χ1) is 12.6. The molecule has 0 aliphatic heterocycles. The molecule has 0 aliphatic carbocycles. The smallest absolute Gasteiger partial charge is 0.335 e. The third-order valence-corrected chi connectivity index (χ3v) is 4.33. The second-order valence-electron chi connectivity index (χ2n) is 7.26. The molecule has 3 rings (SSSR count). The zero-order chi connectivity index (χ0) is 19.9. The number of nitrogens with zero attached hydrogens (tertiary/aromatic N) is 3. The van der Waals surface area contributed by atoms with E-state index in [0.29, 0.717) is 38.6 Å². The van der Waals surface area contributed by atoms with E-state index in [2.05, 4.69) is 16.8 Å². The van der Waals surface area contributed by atoms with Gasteiger partial charge in [-0.2, -0.15) is 0 Å². The van der Waals surface area contributed by atoms with Crippen LogP contribution < -0.4 is 4.74 Å². The summed E-state index contributed by atoms with van der Waals surface area (Å²) in [6, 6.07) is 6.87. The predicted molar refractivity (Wildman–Crippen MR) is 105 cm³/mol. The predicted octanol–water partition coefficient (Wildman–Crippen LogP) is 4.48. The third-order valence-electron chi connectivity index (χ3n) is 4.10. The Labute approximate surface area is 162 Å². The number of phenolic OH excluding ortho intramolecular Hbond substituents is 1. The van der Waals surface area contributed by atoms with Crippen molar-refractivity contribution in [1.82, 2.24) is 15.0 Å². The molecule has 0 saturated carbocycles. The van der Waals surface area contributed by atoms with E-state index in [-0.39, 0.29) is 5.75 Å². The Bertz CT molecular complexity index is 1060. The molecule has 2 aromatic carbocycles. The van der Waals surface area contributed by atoms with Crippen LogP contribution in [0, 0.1) is 6.92 Å². The Morgan fingerprint density at radius 1 is 1.26 bits per heavy atom. The highest BCUT2D eigenvalue weighted by Crippen LogP contribution is 2.44. The average molecular weight is 386 g/mol. The van der Waals surface area contributed by atoms with E-state index in [0.717, 1.165) is 6.08 Å². The summed E-state index contributed by atoms with van der Waals surface area (Å²) in [7, 11) is 0. The van der Waals surface area contributed by atoms with Crippen molar-refractivity contribution in [2.45, 2.75) is 33.1 Å². The fraction of sp³-hybridized carbons (Fsp3) is 0.250. The lowest BCUT2D eigenvalue weighted by atomic mass is 9.84. The Balaban J connectivity index is 2.26. The van der Waals surface area contributed by atoms with Crippen LogP contribution in [0.4, 0.5) is 0 Å². The topological polar surface area (TPSA) is 77.2 Å². The van der Waals surface area contributed by atoms with Gasteiger partial charge in [0.15, 0.2) is 5.75 Å². The van der Waals surface area contributed by atoms with Crippen LogP contribution in [-0.4, -0.2) is 26.1 Å². The zero-order valence-electron chi connectivity index (χ0n) is 15.6. The normalized spacial score (nSPS) is 11.6. The number of halogens is 1. The van der Waals surface area contributed by atoms with Crippen LogP contribution >= 0.6 is 11.6 Å². The Hall–Kier alpha value is -2.86. The van der Waals surface area contributed by atoms with Gasteiger partial charge in [0.25, 0.3) is 0 Å². The SMILES string of the molecule is C=CC(=O)Oc1c(C)cc(-n2nc3ccc(Cl)cc3n2)c(O)c1C(C)(C)C. The number of benzene rings is 2. The summed E-state index contributed by atoms with van der Waals surface area (Å²) in [5.74, 6) is -0.326. The minimum Gasteiger partial charge on any atom is -0.505 e. The molecule has 0 atom stereocenters. The summed E-state index contributed by atoms with van der Waals surface area (Å²) < 4.78 is 5.41. The molecule has 140 valence electrons. The van der Waals surface area contributed by atoms with Crippen molar-refractivity contribution < 1.29 is 14.6 Å². The van der Waals surface area contributed by atoms with Crippen LogP contribution in [-0.2, 0) is 10.2 Å². The lowest BCUT2D eigenvalue weighted by Gasteiger charge is -2.25. The van der Waals surface area contributed by atoms with Crippen LogP contribution in [0.5, 0.6) is 11.5 Å². The second-order valence-corrected chi connectivity index (χ2v) is 7.70. The van der Waals surface area contributed by atoms with Crippen molar-refractivity contribution in [2.75, 3.05) is 0 Å². The van der Waals surface area contributed by atoms with E-state index in [9.17, 15) is 9.90 Å². The highest BCUT2D eigenvalue weighted by Gasteiger charge is 2.29. The van der Waals surface area contributed by atoms with Crippen LogP contribution in [0.25, 0.3) is 16.7 Å². The van der Waals surface area contributed by atoms with Crippen LogP contribution in [0.15, 0.2) is 36.9 Å². The molecule has 1 N–H and O–H groups in total. The number of esters is 1. The van der Waals surface area contributed by atoms with Crippen LogP contribution in [0.1, 0.15) is 31.9 Å². The van der Waals surface area contributed by atoms with Gasteiger partial charge in [-0.15, -0.1) is 15.0 Å². The molecular weight excluding hydrogens is 366 g/mol. The van der Waals surface area contributed by atoms with Crippen molar-refractivity contribution in [3.05, 3.63) is 53.1 Å². The quantitative estimate of drug-likeness (QED) is 0.408. The van der Waals surface area contributed by atoms with E-state index >= 15 is 0 Å². The number of aromatic nitrogens is 3. The molecule has 0 amide bonds. The fourth-order valence-electron chi connectivity index (χ4n) is 2.89. The molecule has 0 spiro atoms. The van der Waals surface area contributed by atoms with Gasteiger partial charge in [-0.3, -0.25) is 0 Å². The highest BCUT2D eigenvalue weighted by atomic mass is 35.5. The van der Waals surface area contributed by atoms with Crippen molar-refractivity contribution in [1.29, 1.82) is 0 Å². The summed E-state index contributed by atoms with van der Waals surface area (Å²) in [6.07, 6.45) is 1.09. The standard InChI is InChI=1S/C20H20ClN3O3/c1-6-16(25)27-19-11(2)9-15(18(26)17(19)20(3,4)5)24-22-13-8-7-12(21)10-14(13)23-24/h6-10,26H,1H2,2-5H3. The zero-order valence-corrected chi connectivity index (χ0v) is 16.3. The molecule has 0 saturated heterocycles. The molecule has 0 radical (unpaired) electrons. The van der Waals surface area contributed by atoms with Gasteiger partial charge in [-0.25, -0.2) is 4.79 Å². The Kier molecular flexibility index (Phi) is 4.70. The number of carbonyl (C=O) groups is 1. The first kappa shape index (κ1) is 18.9. The monoisotopic (exact) mass is 385 g/mol. The highest BCUT2D eigenvalue weighted by molar-refractivity contribution is 6.31. The van der Waals surface area contributed by atoms with Gasteiger partial charge >= 0.3 is 5.97 Å². The van der Waals surface area contributed by atoms with E-state index in [1.165, 1.54) is 4.80 Å². The van der Waals surface area contributed by atoms with Crippen LogP contribution in [0.3, 0.4) is 0 Å². The number of phenols is 1. The maximum absolute atomic E-state index is 11.8. The fourth-order valence-corrected chi connectivity index (χ4v) is 3.06. The first-order valence-corrected chi connectivity index (χ1v) is 8.74. The number of aryl methyl sites for hydroxylation is 1. The lowest BCUT2D eigenvalue weighted by molar-refractivity contribution is -0.129. The molecule has 0 aliphatic rings. The molecule has 1 aromatic heterocycles. The first-order valence-electron chi connectivity index (χ1n) is 8.36. The summed E-state index contributed by atoms with van der Waals surface area (Å²) in [5, 5.41) is 20.4. The summed E-state index contributed by atoms with van der Waals surface area (Å²) >= 11 is 6.02. The van der Waals surface area contributed by atoms with Crippen molar-refractivity contribution >= 4 is 28.6 Å². The Morgan fingerprint density at radius 3 is 2.56 bits per heavy atom. The minimum atomic E-state index is -0.589. The third kappa shape index (κ3) is 3.53. The van der Waals surface area contributed by atoms with Gasteiger partial charge in [0.2, 0.25) is 0 Å². The van der Waals surface area contributed by atoms with E-state index in [1.54, 1.807) is 31.2 Å². The van der Waals surface area contributed by atoms with E-state index < -0.39 is 11.4 Å².